The SMILES string of the molecule is O=C(NCCc1ccc2c(c1)CCOC2)c1ccc2c(c1)CCNCC2. The van der Waals surface area contributed by atoms with Crippen molar-refractivity contribution in [3.8, 4) is 0 Å². The number of ether oxygens (including phenoxy) is 1. The first-order valence-corrected chi connectivity index (χ1v) is 9.59. The lowest BCUT2D eigenvalue weighted by Gasteiger charge is -2.17. The summed E-state index contributed by atoms with van der Waals surface area (Å²) < 4.78 is 5.48. The van der Waals surface area contributed by atoms with E-state index in [1.807, 2.05) is 6.07 Å². The zero-order valence-electron chi connectivity index (χ0n) is 15.1. The average Bonchev–Trinajstić information content (AvgIpc) is 2.92. The molecular formula is C22H26N2O2. The lowest BCUT2D eigenvalue weighted by molar-refractivity contribution is 0.0954. The predicted octanol–water partition coefficient (Wildman–Crippen LogP) is 2.42. The molecule has 2 aliphatic heterocycles. The van der Waals surface area contributed by atoms with Crippen LogP contribution >= 0.6 is 0 Å². The molecule has 0 saturated carbocycles. The molecule has 0 bridgehead atoms. The molecule has 0 atom stereocenters. The molecule has 0 saturated heterocycles. The molecule has 2 heterocycles. The van der Waals surface area contributed by atoms with Gasteiger partial charge in [0.15, 0.2) is 0 Å². The van der Waals surface area contributed by atoms with Gasteiger partial charge >= 0.3 is 0 Å². The number of amides is 1. The van der Waals surface area contributed by atoms with Gasteiger partial charge in [-0.3, -0.25) is 4.79 Å². The molecule has 0 spiro atoms. The van der Waals surface area contributed by atoms with E-state index in [1.165, 1.54) is 27.8 Å². The van der Waals surface area contributed by atoms with Crippen LogP contribution in [0.25, 0.3) is 0 Å². The van der Waals surface area contributed by atoms with Gasteiger partial charge in [0.1, 0.15) is 0 Å². The largest absolute Gasteiger partial charge is 0.376 e. The predicted molar refractivity (Wildman–Crippen MR) is 103 cm³/mol. The summed E-state index contributed by atoms with van der Waals surface area (Å²) in [5.74, 6) is 0.0244. The number of hydrogen-bond donors (Lipinski definition) is 2. The molecular weight excluding hydrogens is 324 g/mol. The zero-order valence-corrected chi connectivity index (χ0v) is 15.1. The van der Waals surface area contributed by atoms with Gasteiger partial charge in [-0.1, -0.05) is 24.3 Å². The van der Waals surface area contributed by atoms with Gasteiger partial charge in [-0.05, 0) is 78.7 Å². The summed E-state index contributed by atoms with van der Waals surface area (Å²) in [6, 6.07) is 12.7. The topological polar surface area (TPSA) is 50.4 Å². The Morgan fingerprint density at radius 3 is 2.69 bits per heavy atom. The normalized spacial score (nSPS) is 16.3. The van der Waals surface area contributed by atoms with Crippen molar-refractivity contribution in [2.45, 2.75) is 32.3 Å². The fourth-order valence-corrected chi connectivity index (χ4v) is 3.81. The number of benzene rings is 2. The second-order valence-corrected chi connectivity index (χ2v) is 7.15. The first kappa shape index (κ1) is 17.3. The van der Waals surface area contributed by atoms with Crippen LogP contribution in [0.15, 0.2) is 36.4 Å². The summed E-state index contributed by atoms with van der Waals surface area (Å²) in [4.78, 5) is 12.5. The maximum Gasteiger partial charge on any atom is 0.251 e. The van der Waals surface area contributed by atoms with Crippen molar-refractivity contribution < 1.29 is 9.53 Å². The summed E-state index contributed by atoms with van der Waals surface area (Å²) in [5.41, 5.74) is 7.40. The Morgan fingerprint density at radius 2 is 1.77 bits per heavy atom. The van der Waals surface area contributed by atoms with Gasteiger partial charge in [0.25, 0.3) is 5.91 Å². The summed E-state index contributed by atoms with van der Waals surface area (Å²) in [7, 11) is 0. The van der Waals surface area contributed by atoms with Crippen molar-refractivity contribution in [2.24, 2.45) is 0 Å². The first-order chi connectivity index (χ1) is 12.8. The summed E-state index contributed by atoms with van der Waals surface area (Å²) in [6.45, 7) is 4.20. The average molecular weight is 350 g/mol. The number of rotatable bonds is 4. The van der Waals surface area contributed by atoms with Crippen LogP contribution in [-0.2, 0) is 37.0 Å². The second kappa shape index (κ2) is 8.02. The molecule has 4 rings (SSSR count). The Hall–Kier alpha value is -2.17. The van der Waals surface area contributed by atoms with Gasteiger partial charge < -0.3 is 15.4 Å². The fraction of sp³-hybridized carbons (Fsp3) is 0.409. The highest BCUT2D eigenvalue weighted by Gasteiger charge is 2.12. The van der Waals surface area contributed by atoms with Crippen molar-refractivity contribution in [2.75, 3.05) is 26.2 Å². The lowest BCUT2D eigenvalue weighted by Crippen LogP contribution is -2.26. The van der Waals surface area contributed by atoms with Crippen LogP contribution < -0.4 is 10.6 Å². The molecule has 0 aliphatic carbocycles. The maximum atomic E-state index is 12.5. The molecule has 1 amide bonds. The van der Waals surface area contributed by atoms with Gasteiger partial charge in [0.05, 0.1) is 13.2 Å². The van der Waals surface area contributed by atoms with Gasteiger partial charge in [0, 0.05) is 12.1 Å². The Bertz CT molecular complexity index is 801. The Kier molecular flexibility index (Phi) is 5.32. The molecule has 2 aliphatic rings. The maximum absolute atomic E-state index is 12.5. The zero-order chi connectivity index (χ0) is 17.8. The molecule has 26 heavy (non-hydrogen) atoms. The van der Waals surface area contributed by atoms with Crippen molar-refractivity contribution in [3.05, 3.63) is 69.8 Å². The fourth-order valence-electron chi connectivity index (χ4n) is 3.81. The van der Waals surface area contributed by atoms with Crippen LogP contribution in [0, 0.1) is 0 Å². The minimum Gasteiger partial charge on any atom is -0.376 e. The van der Waals surface area contributed by atoms with Crippen LogP contribution in [0.5, 0.6) is 0 Å². The molecule has 136 valence electrons. The molecule has 0 unspecified atom stereocenters. The highest BCUT2D eigenvalue weighted by molar-refractivity contribution is 5.94. The van der Waals surface area contributed by atoms with Crippen LogP contribution in [0.2, 0.25) is 0 Å². The molecule has 2 aromatic carbocycles. The Balaban J connectivity index is 1.35. The number of fused-ring (bicyclic) bond motifs is 2. The van der Waals surface area contributed by atoms with Crippen LogP contribution in [0.1, 0.15) is 38.2 Å². The number of carbonyl (C=O) groups excluding carboxylic acids is 1. The van der Waals surface area contributed by atoms with Crippen molar-refractivity contribution >= 4 is 5.91 Å². The summed E-state index contributed by atoms with van der Waals surface area (Å²) in [6.07, 6.45) is 3.88. The molecule has 0 fully saturated rings. The highest BCUT2D eigenvalue weighted by atomic mass is 16.5. The van der Waals surface area contributed by atoms with Gasteiger partial charge in [-0.2, -0.15) is 0 Å². The third-order valence-electron chi connectivity index (χ3n) is 5.35. The van der Waals surface area contributed by atoms with E-state index in [0.717, 1.165) is 57.6 Å². The van der Waals surface area contributed by atoms with Crippen molar-refractivity contribution in [1.29, 1.82) is 0 Å². The molecule has 4 nitrogen and oxygen atoms in total. The Labute approximate surface area is 155 Å². The highest BCUT2D eigenvalue weighted by Crippen LogP contribution is 2.19. The van der Waals surface area contributed by atoms with Crippen molar-refractivity contribution in [1.82, 2.24) is 10.6 Å². The molecule has 0 radical (unpaired) electrons. The summed E-state index contributed by atoms with van der Waals surface area (Å²) >= 11 is 0. The van der Waals surface area contributed by atoms with E-state index < -0.39 is 0 Å². The quantitative estimate of drug-likeness (QED) is 0.890. The van der Waals surface area contributed by atoms with E-state index in [2.05, 4.69) is 41.0 Å². The van der Waals surface area contributed by atoms with Gasteiger partial charge in [-0.15, -0.1) is 0 Å². The standard InChI is InChI=1S/C22H26N2O2/c25-22(20-4-3-17-6-9-23-10-7-18(17)14-20)24-11-5-16-1-2-21-15-26-12-8-19(21)13-16/h1-4,13-14,23H,5-12,15H2,(H,24,25). The Morgan fingerprint density at radius 1 is 0.962 bits per heavy atom. The molecule has 2 aromatic rings. The van der Waals surface area contributed by atoms with E-state index in [-0.39, 0.29) is 5.91 Å². The lowest BCUT2D eigenvalue weighted by atomic mass is 9.99. The third-order valence-corrected chi connectivity index (χ3v) is 5.35. The van der Waals surface area contributed by atoms with Gasteiger partial charge in [-0.25, -0.2) is 0 Å². The molecule has 0 aromatic heterocycles. The number of hydrogen-bond acceptors (Lipinski definition) is 3. The molecule has 4 heteroatoms. The molecule has 2 N–H and O–H groups in total. The minimum atomic E-state index is 0.0244. The van der Waals surface area contributed by atoms with Crippen LogP contribution in [0.3, 0.4) is 0 Å². The number of carbonyl (C=O) groups is 1. The van der Waals surface area contributed by atoms with E-state index in [0.29, 0.717) is 6.54 Å². The van der Waals surface area contributed by atoms with E-state index in [4.69, 9.17) is 4.74 Å². The third kappa shape index (κ3) is 3.97. The summed E-state index contributed by atoms with van der Waals surface area (Å²) in [5, 5.41) is 6.48. The number of nitrogens with one attached hydrogen (secondary N) is 2. The minimum absolute atomic E-state index is 0.0244. The monoisotopic (exact) mass is 350 g/mol. The van der Waals surface area contributed by atoms with E-state index in [9.17, 15) is 4.79 Å². The van der Waals surface area contributed by atoms with E-state index in [1.54, 1.807) is 0 Å². The first-order valence-electron chi connectivity index (χ1n) is 9.59. The second-order valence-electron chi connectivity index (χ2n) is 7.15. The van der Waals surface area contributed by atoms with Crippen LogP contribution in [-0.4, -0.2) is 32.1 Å². The smallest absolute Gasteiger partial charge is 0.251 e. The van der Waals surface area contributed by atoms with Crippen LogP contribution in [0.4, 0.5) is 0 Å². The van der Waals surface area contributed by atoms with E-state index >= 15 is 0 Å². The van der Waals surface area contributed by atoms with Gasteiger partial charge in [0.2, 0.25) is 0 Å². The van der Waals surface area contributed by atoms with Crippen molar-refractivity contribution in [3.63, 3.8) is 0 Å².